The lowest BCUT2D eigenvalue weighted by Gasteiger charge is -2.11. The van der Waals surface area contributed by atoms with Crippen LogP contribution in [0.4, 0.5) is 15.9 Å². The van der Waals surface area contributed by atoms with Crippen molar-refractivity contribution in [2.45, 2.75) is 6.54 Å². The molecule has 3 aromatic rings. The molecule has 0 unspecified atom stereocenters. The fourth-order valence-electron chi connectivity index (χ4n) is 2.42. The van der Waals surface area contributed by atoms with Gasteiger partial charge in [-0.25, -0.2) is 9.37 Å². The molecular weight excluding hydrogens is 382 g/mol. The Morgan fingerprint density at radius 2 is 2.19 bits per heavy atom. The van der Waals surface area contributed by atoms with Crippen LogP contribution in [0.15, 0.2) is 36.5 Å². The summed E-state index contributed by atoms with van der Waals surface area (Å²) in [5, 5.41) is 4.12. The van der Waals surface area contributed by atoms with E-state index in [-0.39, 0.29) is 5.82 Å². The first-order valence-electron chi connectivity index (χ1n) is 6.46. The second-order valence-electron chi connectivity index (χ2n) is 4.71. The number of hydrogen-bond donors (Lipinski definition) is 2. The number of aryl methyl sites for hydroxylation is 1. The molecule has 0 aliphatic carbocycles. The summed E-state index contributed by atoms with van der Waals surface area (Å²) < 4.78 is 16.8. The van der Waals surface area contributed by atoms with Crippen molar-refractivity contribution in [3.63, 3.8) is 0 Å². The van der Waals surface area contributed by atoms with Crippen molar-refractivity contribution in [1.82, 2.24) is 9.55 Å². The zero-order valence-corrected chi connectivity index (χ0v) is 13.6. The molecule has 0 aliphatic heterocycles. The standard InChI is InChI=1S/C15H14FIN4/c1-21-14-10(3-2-6-19-14)11(8-18)15(21)20-13-5-4-9(17)7-12(13)16/h2-7,20H,8,18H2,1H3. The number of nitrogens with two attached hydrogens (primary N) is 1. The summed E-state index contributed by atoms with van der Waals surface area (Å²) in [6.45, 7) is 0.358. The number of aromatic nitrogens is 2. The maximum atomic E-state index is 14.0. The highest BCUT2D eigenvalue weighted by molar-refractivity contribution is 14.1. The van der Waals surface area contributed by atoms with Gasteiger partial charge < -0.3 is 15.6 Å². The number of rotatable bonds is 3. The first-order chi connectivity index (χ1) is 10.1. The zero-order chi connectivity index (χ0) is 15.0. The SMILES string of the molecule is Cn1c(Nc2ccc(I)cc2F)c(CN)c2cccnc21. The van der Waals surface area contributed by atoms with Crippen LogP contribution in [-0.4, -0.2) is 9.55 Å². The van der Waals surface area contributed by atoms with E-state index in [0.717, 1.165) is 26.0 Å². The third-order valence-corrected chi connectivity index (χ3v) is 4.11. The second-order valence-corrected chi connectivity index (χ2v) is 5.96. The second kappa shape index (κ2) is 5.61. The molecule has 2 heterocycles. The summed E-state index contributed by atoms with van der Waals surface area (Å²) in [6.07, 6.45) is 1.73. The first kappa shape index (κ1) is 14.3. The minimum absolute atomic E-state index is 0.289. The minimum atomic E-state index is -0.289. The third kappa shape index (κ3) is 2.49. The van der Waals surface area contributed by atoms with Gasteiger partial charge in [0.15, 0.2) is 0 Å². The number of hydrogen-bond acceptors (Lipinski definition) is 3. The van der Waals surface area contributed by atoms with Crippen molar-refractivity contribution in [3.8, 4) is 0 Å². The normalized spacial score (nSPS) is 11.0. The van der Waals surface area contributed by atoms with Crippen molar-refractivity contribution >= 4 is 45.1 Å². The summed E-state index contributed by atoms with van der Waals surface area (Å²) >= 11 is 2.08. The molecular formula is C15H14FIN4. The van der Waals surface area contributed by atoms with Gasteiger partial charge in [0.1, 0.15) is 17.3 Å². The molecule has 3 N–H and O–H groups in total. The molecule has 0 aliphatic rings. The summed E-state index contributed by atoms with van der Waals surface area (Å²) in [6, 6.07) is 8.92. The molecule has 1 aromatic carbocycles. The average molecular weight is 396 g/mol. The van der Waals surface area contributed by atoms with Crippen LogP contribution in [0.5, 0.6) is 0 Å². The fourth-order valence-corrected chi connectivity index (χ4v) is 2.87. The topological polar surface area (TPSA) is 55.9 Å². The van der Waals surface area contributed by atoms with Gasteiger partial charge in [0.25, 0.3) is 0 Å². The van der Waals surface area contributed by atoms with Crippen molar-refractivity contribution in [3.05, 3.63) is 51.5 Å². The Morgan fingerprint density at radius 3 is 2.90 bits per heavy atom. The van der Waals surface area contributed by atoms with Gasteiger partial charge in [-0.05, 0) is 52.9 Å². The molecule has 4 nitrogen and oxygen atoms in total. The van der Waals surface area contributed by atoms with Crippen molar-refractivity contribution < 1.29 is 4.39 Å². The summed E-state index contributed by atoms with van der Waals surface area (Å²) in [7, 11) is 1.89. The smallest absolute Gasteiger partial charge is 0.147 e. The molecule has 0 saturated carbocycles. The largest absolute Gasteiger partial charge is 0.339 e. The van der Waals surface area contributed by atoms with E-state index in [1.807, 2.05) is 29.8 Å². The highest BCUT2D eigenvalue weighted by atomic mass is 127. The van der Waals surface area contributed by atoms with Crippen LogP contribution in [0.1, 0.15) is 5.56 Å². The molecule has 3 rings (SSSR count). The Bertz CT molecular complexity index is 813. The van der Waals surface area contributed by atoms with E-state index in [2.05, 4.69) is 32.9 Å². The number of nitrogens with one attached hydrogen (secondary N) is 1. The van der Waals surface area contributed by atoms with Gasteiger partial charge in [-0.1, -0.05) is 0 Å². The molecule has 0 bridgehead atoms. The van der Waals surface area contributed by atoms with E-state index in [9.17, 15) is 4.39 Å². The van der Waals surface area contributed by atoms with Crippen LogP contribution in [-0.2, 0) is 13.6 Å². The quantitative estimate of drug-likeness (QED) is 0.667. The average Bonchev–Trinajstić information content (AvgIpc) is 2.75. The van der Waals surface area contributed by atoms with Gasteiger partial charge in [0, 0.05) is 34.3 Å². The lowest BCUT2D eigenvalue weighted by Crippen LogP contribution is -2.05. The summed E-state index contributed by atoms with van der Waals surface area (Å²) in [5.74, 6) is 0.481. The third-order valence-electron chi connectivity index (χ3n) is 3.44. The molecule has 21 heavy (non-hydrogen) atoms. The van der Waals surface area contributed by atoms with Crippen LogP contribution in [0.2, 0.25) is 0 Å². The van der Waals surface area contributed by atoms with Gasteiger partial charge in [0.05, 0.1) is 5.69 Å². The number of anilines is 2. The van der Waals surface area contributed by atoms with Crippen molar-refractivity contribution in [1.29, 1.82) is 0 Å². The molecule has 0 amide bonds. The van der Waals surface area contributed by atoms with Crippen LogP contribution in [0.3, 0.4) is 0 Å². The monoisotopic (exact) mass is 396 g/mol. The van der Waals surface area contributed by atoms with E-state index in [4.69, 9.17) is 5.73 Å². The molecule has 0 saturated heterocycles. The minimum Gasteiger partial charge on any atom is -0.339 e. The number of fused-ring (bicyclic) bond motifs is 1. The summed E-state index contributed by atoms with van der Waals surface area (Å²) in [5.41, 5.74) is 8.05. The highest BCUT2D eigenvalue weighted by Crippen LogP contribution is 2.31. The van der Waals surface area contributed by atoms with E-state index in [0.29, 0.717) is 12.2 Å². The van der Waals surface area contributed by atoms with Crippen LogP contribution in [0.25, 0.3) is 11.0 Å². The maximum Gasteiger partial charge on any atom is 0.147 e. The number of benzene rings is 1. The Kier molecular flexibility index (Phi) is 3.81. The Balaban J connectivity index is 2.14. The molecule has 6 heteroatoms. The van der Waals surface area contributed by atoms with E-state index in [1.54, 1.807) is 12.3 Å². The first-order valence-corrected chi connectivity index (χ1v) is 7.54. The number of pyridine rings is 1. The molecule has 0 radical (unpaired) electrons. The van der Waals surface area contributed by atoms with E-state index in [1.165, 1.54) is 6.07 Å². The van der Waals surface area contributed by atoms with E-state index < -0.39 is 0 Å². The fraction of sp³-hybridized carbons (Fsp3) is 0.133. The van der Waals surface area contributed by atoms with E-state index >= 15 is 0 Å². The van der Waals surface area contributed by atoms with Gasteiger partial charge >= 0.3 is 0 Å². The van der Waals surface area contributed by atoms with Crippen LogP contribution in [0, 0.1) is 9.39 Å². The lowest BCUT2D eigenvalue weighted by atomic mass is 10.2. The van der Waals surface area contributed by atoms with Crippen molar-refractivity contribution in [2.75, 3.05) is 5.32 Å². The van der Waals surface area contributed by atoms with Crippen LogP contribution >= 0.6 is 22.6 Å². The molecule has 108 valence electrons. The predicted octanol–water partition coefficient (Wildman–Crippen LogP) is 3.52. The molecule has 0 fully saturated rings. The van der Waals surface area contributed by atoms with Crippen LogP contribution < -0.4 is 11.1 Å². The zero-order valence-electron chi connectivity index (χ0n) is 11.4. The predicted molar refractivity (Wildman–Crippen MR) is 91.0 cm³/mol. The summed E-state index contributed by atoms with van der Waals surface area (Å²) in [4.78, 5) is 4.36. The Hall–Kier alpha value is -1.67. The Morgan fingerprint density at radius 1 is 1.38 bits per heavy atom. The van der Waals surface area contributed by atoms with Crippen molar-refractivity contribution in [2.24, 2.45) is 12.8 Å². The molecule has 2 aromatic heterocycles. The number of halogens is 2. The number of nitrogens with zero attached hydrogens (tertiary/aromatic N) is 2. The molecule has 0 atom stereocenters. The van der Waals surface area contributed by atoms with Gasteiger partial charge in [-0.15, -0.1) is 0 Å². The van der Waals surface area contributed by atoms with Gasteiger partial charge in [-0.3, -0.25) is 0 Å². The lowest BCUT2D eigenvalue weighted by molar-refractivity contribution is 0.630. The highest BCUT2D eigenvalue weighted by Gasteiger charge is 2.16. The molecule has 0 spiro atoms. The van der Waals surface area contributed by atoms with Gasteiger partial charge in [-0.2, -0.15) is 0 Å². The maximum absolute atomic E-state index is 14.0. The Labute approximate surface area is 135 Å². The van der Waals surface area contributed by atoms with Gasteiger partial charge in [0.2, 0.25) is 0 Å².